The van der Waals surface area contributed by atoms with E-state index in [0.29, 0.717) is 29.7 Å². The van der Waals surface area contributed by atoms with Gasteiger partial charge in [-0.25, -0.2) is 4.79 Å². The van der Waals surface area contributed by atoms with E-state index < -0.39 is 5.60 Å². The number of carbonyl (C=O) groups excluding carboxylic acids is 1. The number of fused-ring (bicyclic) bond motifs is 5. The number of esters is 1. The third-order valence-electron chi connectivity index (χ3n) is 7.87. The molecule has 4 atom stereocenters. The largest absolute Gasteiger partial charge is 0.504 e. The molecule has 0 spiro atoms. The van der Waals surface area contributed by atoms with Crippen molar-refractivity contribution in [3.05, 3.63) is 48.1 Å². The summed E-state index contributed by atoms with van der Waals surface area (Å²) in [4.78, 5) is 20.0. The molecule has 0 aliphatic carbocycles. The van der Waals surface area contributed by atoms with Crippen molar-refractivity contribution in [2.24, 2.45) is 16.8 Å². The van der Waals surface area contributed by atoms with Gasteiger partial charge in [0.2, 0.25) is 0 Å². The highest BCUT2D eigenvalue weighted by atomic mass is 16.5. The number of hydrogen-bond acceptors (Lipinski definition) is 8. The molecule has 2 fully saturated rings. The molecule has 0 radical (unpaired) electrons. The SMILES string of the molecule is CC[C@@H]1CN2CC[C@@]3(O)C(=Nc4ccc(-c5ccoc5)c(OC)c43)[C@@H]2C[C@@H]1/C(=C\OC)C(=O)OC. The molecule has 1 aromatic heterocycles. The van der Waals surface area contributed by atoms with Gasteiger partial charge in [-0.15, -0.1) is 0 Å². The Labute approximate surface area is 205 Å². The molecule has 35 heavy (non-hydrogen) atoms. The van der Waals surface area contributed by atoms with Crippen LogP contribution in [0.5, 0.6) is 5.75 Å². The fraction of sp³-hybridized carbons (Fsp3) is 0.481. The van der Waals surface area contributed by atoms with Crippen LogP contribution in [0.25, 0.3) is 11.1 Å². The summed E-state index contributed by atoms with van der Waals surface area (Å²) >= 11 is 0. The fourth-order valence-corrected chi connectivity index (χ4v) is 6.18. The van der Waals surface area contributed by atoms with E-state index in [1.807, 2.05) is 18.2 Å². The first kappa shape index (κ1) is 23.6. The molecule has 0 saturated carbocycles. The summed E-state index contributed by atoms with van der Waals surface area (Å²) in [5, 5.41) is 12.2. The molecule has 2 aromatic rings. The molecule has 8 heteroatoms. The molecule has 3 aliphatic heterocycles. The van der Waals surface area contributed by atoms with Gasteiger partial charge in [-0.05, 0) is 42.9 Å². The predicted molar refractivity (Wildman–Crippen MR) is 131 cm³/mol. The molecular formula is C27H32N2O6. The van der Waals surface area contributed by atoms with Gasteiger partial charge < -0.3 is 23.7 Å². The summed E-state index contributed by atoms with van der Waals surface area (Å²) in [5.41, 5.74) is 3.20. The first-order valence-electron chi connectivity index (χ1n) is 12.1. The van der Waals surface area contributed by atoms with E-state index in [1.165, 1.54) is 13.4 Å². The number of hydrogen-bond donors (Lipinski definition) is 1. The lowest BCUT2D eigenvalue weighted by Crippen LogP contribution is -2.60. The normalized spacial score (nSPS) is 28.0. The first-order chi connectivity index (χ1) is 17.0. The number of aliphatic imine (C=N–C) groups is 1. The zero-order valence-corrected chi connectivity index (χ0v) is 20.6. The second-order valence-corrected chi connectivity index (χ2v) is 9.48. The van der Waals surface area contributed by atoms with Crippen LogP contribution in [0.2, 0.25) is 0 Å². The monoisotopic (exact) mass is 480 g/mol. The van der Waals surface area contributed by atoms with Gasteiger partial charge in [-0.2, -0.15) is 0 Å². The van der Waals surface area contributed by atoms with Crippen LogP contribution in [0.15, 0.2) is 52.0 Å². The lowest BCUT2D eigenvalue weighted by molar-refractivity contribution is -0.137. The van der Waals surface area contributed by atoms with Crippen molar-refractivity contribution >= 4 is 17.4 Å². The Kier molecular flexibility index (Phi) is 6.19. The minimum atomic E-state index is -1.23. The molecule has 0 amide bonds. The van der Waals surface area contributed by atoms with Gasteiger partial charge in [0.05, 0.1) is 68.7 Å². The van der Waals surface area contributed by atoms with E-state index in [2.05, 4.69) is 11.8 Å². The molecule has 2 saturated heterocycles. The van der Waals surface area contributed by atoms with Crippen molar-refractivity contribution in [1.29, 1.82) is 0 Å². The van der Waals surface area contributed by atoms with Crippen LogP contribution in [-0.2, 0) is 19.9 Å². The number of carbonyl (C=O) groups is 1. The number of methoxy groups -OCH3 is 3. The molecule has 186 valence electrons. The molecule has 0 unspecified atom stereocenters. The summed E-state index contributed by atoms with van der Waals surface area (Å²) in [6, 6.07) is 5.66. The highest BCUT2D eigenvalue weighted by Gasteiger charge is 2.54. The van der Waals surface area contributed by atoms with E-state index in [1.54, 1.807) is 26.7 Å². The van der Waals surface area contributed by atoms with Crippen molar-refractivity contribution < 1.29 is 28.5 Å². The molecule has 1 N–H and O–H groups in total. The van der Waals surface area contributed by atoms with Gasteiger partial charge >= 0.3 is 5.97 Å². The smallest absolute Gasteiger partial charge is 0.337 e. The number of ether oxygens (including phenoxy) is 3. The Morgan fingerprint density at radius 3 is 2.80 bits per heavy atom. The van der Waals surface area contributed by atoms with Gasteiger partial charge in [0.1, 0.15) is 11.4 Å². The minimum Gasteiger partial charge on any atom is -0.504 e. The number of furan rings is 1. The Balaban J connectivity index is 1.55. The van der Waals surface area contributed by atoms with Gasteiger partial charge in [0.15, 0.2) is 0 Å². The van der Waals surface area contributed by atoms with Crippen LogP contribution in [0.4, 0.5) is 5.69 Å². The second kappa shape index (κ2) is 9.17. The molecule has 1 aromatic carbocycles. The van der Waals surface area contributed by atoms with Crippen molar-refractivity contribution in [2.75, 3.05) is 34.4 Å². The lowest BCUT2D eigenvalue weighted by Gasteiger charge is -2.50. The maximum absolute atomic E-state index is 12.6. The van der Waals surface area contributed by atoms with Crippen LogP contribution in [0.1, 0.15) is 31.7 Å². The van der Waals surface area contributed by atoms with Crippen LogP contribution in [0.3, 0.4) is 0 Å². The van der Waals surface area contributed by atoms with Crippen LogP contribution in [-0.4, -0.2) is 62.1 Å². The number of benzene rings is 1. The van der Waals surface area contributed by atoms with Crippen molar-refractivity contribution in [2.45, 2.75) is 37.8 Å². The molecule has 3 aliphatic rings. The van der Waals surface area contributed by atoms with E-state index in [4.69, 9.17) is 23.6 Å². The van der Waals surface area contributed by atoms with Crippen molar-refractivity contribution in [3.8, 4) is 16.9 Å². The van der Waals surface area contributed by atoms with Crippen LogP contribution >= 0.6 is 0 Å². The standard InChI is InChI=1S/C27H32N2O6/c1-5-16-13-29-10-9-27(31)23-21(7-6-18(24(23)33-3)17-8-11-35-14-17)28-25(27)22(29)12-19(16)20(15-32-2)26(30)34-4/h6-8,11,14-16,19,22,31H,5,9-10,12-13H2,1-4H3/b20-15+/t16-,19+,22+,27+/m1/s1. The molecule has 0 bridgehead atoms. The third-order valence-corrected chi connectivity index (χ3v) is 7.87. The zero-order chi connectivity index (χ0) is 24.7. The maximum Gasteiger partial charge on any atom is 0.337 e. The second-order valence-electron chi connectivity index (χ2n) is 9.48. The number of aliphatic hydroxyl groups is 1. The Hall–Kier alpha value is -3.10. The predicted octanol–water partition coefficient (Wildman–Crippen LogP) is 4.05. The quantitative estimate of drug-likeness (QED) is 0.379. The van der Waals surface area contributed by atoms with E-state index >= 15 is 0 Å². The summed E-state index contributed by atoms with van der Waals surface area (Å²) in [6.45, 7) is 3.68. The summed E-state index contributed by atoms with van der Waals surface area (Å²) < 4.78 is 21.5. The van der Waals surface area contributed by atoms with Gasteiger partial charge in [0, 0.05) is 24.2 Å². The number of piperidine rings is 2. The van der Waals surface area contributed by atoms with Crippen molar-refractivity contribution in [1.82, 2.24) is 4.90 Å². The van der Waals surface area contributed by atoms with E-state index in [-0.39, 0.29) is 23.8 Å². The average molecular weight is 481 g/mol. The molecule has 5 rings (SSSR count). The first-order valence-corrected chi connectivity index (χ1v) is 12.1. The number of nitrogens with zero attached hydrogens (tertiary/aromatic N) is 2. The molecule has 8 nitrogen and oxygen atoms in total. The highest BCUT2D eigenvalue weighted by Crippen LogP contribution is 2.54. The number of rotatable bonds is 6. The van der Waals surface area contributed by atoms with Gasteiger partial charge in [-0.1, -0.05) is 13.3 Å². The third kappa shape index (κ3) is 3.67. The summed E-state index contributed by atoms with van der Waals surface area (Å²) in [7, 11) is 4.55. The minimum absolute atomic E-state index is 0.0641. The van der Waals surface area contributed by atoms with Gasteiger partial charge in [0.25, 0.3) is 0 Å². The Bertz CT molecular complexity index is 1170. The lowest BCUT2D eigenvalue weighted by atomic mass is 9.70. The Morgan fingerprint density at radius 2 is 2.14 bits per heavy atom. The summed E-state index contributed by atoms with van der Waals surface area (Å²) in [5.74, 6) is 0.445. The molecule has 4 heterocycles. The zero-order valence-electron chi connectivity index (χ0n) is 20.6. The van der Waals surface area contributed by atoms with Gasteiger partial charge in [-0.3, -0.25) is 9.89 Å². The van der Waals surface area contributed by atoms with E-state index in [0.717, 1.165) is 42.0 Å². The van der Waals surface area contributed by atoms with Crippen LogP contribution in [0, 0.1) is 11.8 Å². The average Bonchev–Trinajstić information content (AvgIpc) is 3.52. The van der Waals surface area contributed by atoms with Crippen molar-refractivity contribution in [3.63, 3.8) is 0 Å². The summed E-state index contributed by atoms with van der Waals surface area (Å²) in [6.07, 6.45) is 6.89. The molecular weight excluding hydrogens is 448 g/mol. The van der Waals surface area contributed by atoms with Crippen LogP contribution < -0.4 is 4.74 Å². The highest BCUT2D eigenvalue weighted by molar-refractivity contribution is 6.06. The fourth-order valence-electron chi connectivity index (χ4n) is 6.18. The maximum atomic E-state index is 12.6. The topological polar surface area (TPSA) is 93.7 Å². The Morgan fingerprint density at radius 1 is 1.31 bits per heavy atom. The van der Waals surface area contributed by atoms with E-state index in [9.17, 15) is 9.90 Å².